The number of nitrogens with zero attached hydrogens (tertiary/aromatic N) is 2. The van der Waals surface area contributed by atoms with Crippen LogP contribution >= 0.6 is 11.3 Å². The number of rotatable bonds is 6. The second-order valence-corrected chi connectivity index (χ2v) is 7.94. The van der Waals surface area contributed by atoms with Crippen molar-refractivity contribution in [1.29, 1.82) is 0 Å². The Bertz CT molecular complexity index is 794. The fourth-order valence-corrected chi connectivity index (χ4v) is 3.80. The smallest absolute Gasteiger partial charge is 0.333 e. The van der Waals surface area contributed by atoms with Crippen LogP contribution in [0.1, 0.15) is 31.0 Å². The van der Waals surface area contributed by atoms with Crippen LogP contribution in [0.5, 0.6) is 0 Å². The van der Waals surface area contributed by atoms with Gasteiger partial charge in [-0.05, 0) is 24.3 Å². The molecule has 1 saturated carbocycles. The molecule has 11 heteroatoms. The lowest BCUT2D eigenvalue weighted by Gasteiger charge is -2.09. The molecule has 0 spiro atoms. The number of thiophene rings is 1. The highest BCUT2D eigenvalue weighted by molar-refractivity contribution is 7.92. The van der Waals surface area contributed by atoms with E-state index in [0.29, 0.717) is 10.7 Å². The quantitative estimate of drug-likeness (QED) is 0.846. The molecule has 0 atom stereocenters. The van der Waals surface area contributed by atoms with E-state index in [1.54, 1.807) is 5.38 Å². The summed E-state index contributed by atoms with van der Waals surface area (Å²) in [4.78, 5) is 4.60. The maximum Gasteiger partial charge on any atom is 0.390 e. The first kappa shape index (κ1) is 16.2. The fraction of sp³-hybridized carbons (Fsp3) is 0.500. The lowest BCUT2D eigenvalue weighted by Crippen LogP contribution is -2.21. The van der Waals surface area contributed by atoms with Gasteiger partial charge in [0.25, 0.3) is 5.89 Å². The van der Waals surface area contributed by atoms with Gasteiger partial charge in [-0.25, -0.2) is 8.42 Å². The molecule has 1 fully saturated rings. The lowest BCUT2D eigenvalue weighted by atomic mass is 10.4. The van der Waals surface area contributed by atoms with E-state index in [2.05, 4.69) is 14.9 Å². The zero-order chi connectivity index (χ0) is 16.7. The van der Waals surface area contributed by atoms with Gasteiger partial charge < -0.3 is 4.52 Å². The van der Waals surface area contributed by atoms with Crippen LogP contribution in [0.3, 0.4) is 0 Å². The van der Waals surface area contributed by atoms with Crippen molar-refractivity contribution in [3.63, 3.8) is 0 Å². The molecule has 0 saturated heterocycles. The molecule has 1 aliphatic rings. The summed E-state index contributed by atoms with van der Waals surface area (Å²) in [5.41, 5.74) is 0.142. The summed E-state index contributed by atoms with van der Waals surface area (Å²) in [6.07, 6.45) is -3.97. The Labute approximate surface area is 133 Å². The van der Waals surface area contributed by atoms with Gasteiger partial charge in [-0.2, -0.15) is 18.2 Å². The molecule has 6 nitrogen and oxygen atoms in total. The third-order valence-corrected chi connectivity index (χ3v) is 5.34. The minimum Gasteiger partial charge on any atom is -0.333 e. The maximum atomic E-state index is 12.2. The molecule has 0 radical (unpaired) electrons. The zero-order valence-corrected chi connectivity index (χ0v) is 13.3. The van der Waals surface area contributed by atoms with Crippen molar-refractivity contribution in [3.8, 4) is 10.8 Å². The summed E-state index contributed by atoms with van der Waals surface area (Å²) in [5.74, 6) is -0.0303. The van der Waals surface area contributed by atoms with Crippen molar-refractivity contribution in [2.24, 2.45) is 0 Å². The largest absolute Gasteiger partial charge is 0.390 e. The number of aromatic nitrogens is 2. The number of anilines is 1. The molecule has 126 valence electrons. The van der Waals surface area contributed by atoms with Crippen LogP contribution in [0, 0.1) is 0 Å². The minimum atomic E-state index is -4.53. The van der Waals surface area contributed by atoms with E-state index < -0.39 is 28.4 Å². The molecule has 23 heavy (non-hydrogen) atoms. The molecule has 0 unspecified atom stereocenters. The fourth-order valence-electron chi connectivity index (χ4n) is 1.86. The molecule has 0 aromatic carbocycles. The van der Waals surface area contributed by atoms with Crippen LogP contribution in [-0.2, 0) is 10.0 Å². The van der Waals surface area contributed by atoms with Crippen LogP contribution < -0.4 is 4.72 Å². The van der Waals surface area contributed by atoms with E-state index in [1.807, 2.05) is 0 Å². The molecular formula is C12H12F3N3O3S2. The van der Waals surface area contributed by atoms with Crippen LogP contribution in [0.25, 0.3) is 10.8 Å². The summed E-state index contributed by atoms with van der Waals surface area (Å²) in [7, 11) is -4.12. The lowest BCUT2D eigenvalue weighted by molar-refractivity contribution is -0.129. The van der Waals surface area contributed by atoms with Crippen molar-refractivity contribution in [2.75, 3.05) is 10.5 Å². The summed E-state index contributed by atoms with van der Waals surface area (Å²) in [6.45, 7) is 0. The molecule has 1 N–H and O–H groups in total. The Morgan fingerprint density at radius 1 is 1.39 bits per heavy atom. The molecule has 2 aromatic heterocycles. The number of halogens is 3. The average molecular weight is 367 g/mol. The Hall–Kier alpha value is -1.62. The SMILES string of the molecule is O=S(=O)(CCC(F)(F)F)Nc1ccsc1-c1nc(C2CC2)no1. The highest BCUT2D eigenvalue weighted by Crippen LogP contribution is 2.40. The van der Waals surface area contributed by atoms with E-state index in [1.165, 1.54) is 17.4 Å². The molecule has 3 rings (SSSR count). The first-order valence-corrected chi connectivity index (χ1v) is 9.25. The monoisotopic (exact) mass is 367 g/mol. The first-order valence-electron chi connectivity index (χ1n) is 6.72. The van der Waals surface area contributed by atoms with Crippen LogP contribution in [0.2, 0.25) is 0 Å². The third kappa shape index (κ3) is 4.22. The van der Waals surface area contributed by atoms with Gasteiger partial charge in [0.2, 0.25) is 10.0 Å². The summed E-state index contributed by atoms with van der Waals surface area (Å²) >= 11 is 1.17. The zero-order valence-electron chi connectivity index (χ0n) is 11.6. The standard InChI is InChI=1S/C12H12F3N3O3S2/c13-12(14,15)4-6-23(19,20)18-8-3-5-22-9(8)11-16-10(17-21-11)7-1-2-7/h3,5,7,18H,1-2,4,6H2. The second-order valence-electron chi connectivity index (χ2n) is 5.18. The average Bonchev–Trinajstić information content (AvgIpc) is 3.00. The van der Waals surface area contributed by atoms with Gasteiger partial charge in [-0.1, -0.05) is 5.16 Å². The van der Waals surface area contributed by atoms with Crippen LogP contribution in [0.15, 0.2) is 16.0 Å². The highest BCUT2D eigenvalue weighted by atomic mass is 32.2. The molecule has 0 aliphatic heterocycles. The van der Waals surface area contributed by atoms with Gasteiger partial charge in [0, 0.05) is 5.92 Å². The third-order valence-electron chi connectivity index (χ3n) is 3.16. The summed E-state index contributed by atoms with van der Waals surface area (Å²) in [6, 6.07) is 1.45. The minimum absolute atomic E-state index is 0.142. The van der Waals surface area contributed by atoms with Gasteiger partial charge in [0.05, 0.1) is 17.9 Å². The van der Waals surface area contributed by atoms with Gasteiger partial charge in [-0.3, -0.25) is 4.72 Å². The van der Waals surface area contributed by atoms with E-state index in [9.17, 15) is 21.6 Å². The summed E-state index contributed by atoms with van der Waals surface area (Å²) in [5, 5.41) is 5.43. The molecular weight excluding hydrogens is 355 g/mol. The molecule has 1 aliphatic carbocycles. The van der Waals surface area contributed by atoms with Gasteiger partial charge in [0.1, 0.15) is 4.88 Å². The Balaban J connectivity index is 1.75. The topological polar surface area (TPSA) is 85.1 Å². The van der Waals surface area contributed by atoms with Crippen molar-refractivity contribution < 1.29 is 26.1 Å². The maximum absolute atomic E-state index is 12.2. The Kier molecular flexibility index (Phi) is 4.08. The number of hydrogen-bond donors (Lipinski definition) is 1. The van der Waals surface area contributed by atoms with Crippen molar-refractivity contribution in [3.05, 3.63) is 17.3 Å². The number of hydrogen-bond acceptors (Lipinski definition) is 6. The Morgan fingerprint density at radius 3 is 2.78 bits per heavy atom. The van der Waals surface area contributed by atoms with Crippen molar-refractivity contribution in [2.45, 2.75) is 31.4 Å². The van der Waals surface area contributed by atoms with Gasteiger partial charge >= 0.3 is 6.18 Å². The Morgan fingerprint density at radius 2 is 2.13 bits per heavy atom. The molecule has 0 amide bonds. The molecule has 2 heterocycles. The highest BCUT2D eigenvalue weighted by Gasteiger charge is 2.31. The number of alkyl halides is 3. The van der Waals surface area contributed by atoms with Gasteiger partial charge in [-0.15, -0.1) is 11.3 Å². The molecule has 2 aromatic rings. The molecule has 0 bridgehead atoms. The van der Waals surface area contributed by atoms with Crippen LogP contribution in [-0.4, -0.2) is 30.5 Å². The van der Waals surface area contributed by atoms with E-state index >= 15 is 0 Å². The number of sulfonamides is 1. The van der Waals surface area contributed by atoms with E-state index in [-0.39, 0.29) is 17.5 Å². The first-order chi connectivity index (χ1) is 10.7. The summed E-state index contributed by atoms with van der Waals surface area (Å²) < 4.78 is 67.3. The predicted octanol–water partition coefficient (Wildman–Crippen LogP) is 3.37. The van der Waals surface area contributed by atoms with E-state index in [4.69, 9.17) is 4.52 Å². The van der Waals surface area contributed by atoms with Crippen LogP contribution in [0.4, 0.5) is 18.9 Å². The second kappa shape index (κ2) is 5.78. The van der Waals surface area contributed by atoms with Crippen molar-refractivity contribution >= 4 is 27.0 Å². The van der Waals surface area contributed by atoms with E-state index in [0.717, 1.165) is 12.8 Å². The predicted molar refractivity (Wildman–Crippen MR) is 77.7 cm³/mol. The number of nitrogens with one attached hydrogen (secondary N) is 1. The normalized spacial score (nSPS) is 15.8. The van der Waals surface area contributed by atoms with Gasteiger partial charge in [0.15, 0.2) is 5.82 Å². The van der Waals surface area contributed by atoms with Crippen molar-refractivity contribution in [1.82, 2.24) is 10.1 Å².